The minimum absolute atomic E-state index is 0.134. The Hall–Kier alpha value is -2.42. The van der Waals surface area contributed by atoms with E-state index in [0.717, 1.165) is 5.56 Å². The van der Waals surface area contributed by atoms with Gasteiger partial charge in [-0.25, -0.2) is 0 Å². The Morgan fingerprint density at radius 2 is 1.55 bits per heavy atom. The van der Waals surface area contributed by atoms with E-state index in [1.807, 2.05) is 55.5 Å². The van der Waals surface area contributed by atoms with Crippen molar-refractivity contribution < 1.29 is 9.59 Å². The van der Waals surface area contributed by atoms with Crippen molar-refractivity contribution in [1.29, 1.82) is 0 Å². The van der Waals surface area contributed by atoms with E-state index >= 15 is 0 Å². The molecule has 0 heterocycles. The first kappa shape index (κ1) is 16.0. The molecule has 1 atom stereocenters. The summed E-state index contributed by atoms with van der Waals surface area (Å²) in [7, 11) is 0. The molecular weight excluding hydrogens is 274 g/mol. The van der Waals surface area contributed by atoms with E-state index in [4.69, 9.17) is 0 Å². The van der Waals surface area contributed by atoms with Crippen molar-refractivity contribution in [1.82, 2.24) is 5.32 Å². The number of carbonyl (C=O) groups excluding carboxylic acids is 2. The zero-order chi connectivity index (χ0) is 15.8. The fourth-order valence-corrected chi connectivity index (χ4v) is 2.35. The normalized spacial score (nSPS) is 11.7. The van der Waals surface area contributed by atoms with Crippen LogP contribution < -0.4 is 5.32 Å². The van der Waals surface area contributed by atoms with Crippen LogP contribution in [0, 0.1) is 0 Å². The van der Waals surface area contributed by atoms with Crippen molar-refractivity contribution >= 4 is 11.7 Å². The number of hydrogen-bond acceptors (Lipinski definition) is 2. The maximum Gasteiger partial charge on any atom is 0.251 e. The van der Waals surface area contributed by atoms with Crippen molar-refractivity contribution in [2.45, 2.75) is 32.2 Å². The molecule has 0 aromatic heterocycles. The van der Waals surface area contributed by atoms with Crippen molar-refractivity contribution in [3.8, 4) is 0 Å². The zero-order valence-corrected chi connectivity index (χ0v) is 12.8. The monoisotopic (exact) mass is 295 g/mol. The lowest BCUT2D eigenvalue weighted by Crippen LogP contribution is -2.38. The second-order valence-electron chi connectivity index (χ2n) is 5.32. The number of hydrogen-bond donors (Lipinski definition) is 1. The molecule has 0 saturated carbocycles. The van der Waals surface area contributed by atoms with E-state index in [1.165, 1.54) is 0 Å². The third kappa shape index (κ3) is 4.85. The smallest absolute Gasteiger partial charge is 0.251 e. The van der Waals surface area contributed by atoms with Crippen LogP contribution in [0.25, 0.3) is 0 Å². The Kier molecular flexibility index (Phi) is 5.90. The van der Waals surface area contributed by atoms with Gasteiger partial charge in [0.05, 0.1) is 0 Å². The molecule has 2 rings (SSSR count). The van der Waals surface area contributed by atoms with Crippen LogP contribution in [-0.2, 0) is 11.2 Å². The van der Waals surface area contributed by atoms with Gasteiger partial charge in [-0.15, -0.1) is 0 Å². The summed E-state index contributed by atoms with van der Waals surface area (Å²) in [5, 5.41) is 2.99. The number of carbonyl (C=O) groups is 2. The van der Waals surface area contributed by atoms with E-state index in [2.05, 4.69) is 5.32 Å². The fourth-order valence-electron chi connectivity index (χ4n) is 2.35. The van der Waals surface area contributed by atoms with E-state index in [0.29, 0.717) is 24.8 Å². The van der Waals surface area contributed by atoms with Gasteiger partial charge in [-0.05, 0) is 24.1 Å². The summed E-state index contributed by atoms with van der Waals surface area (Å²) in [6, 6.07) is 18.8. The summed E-state index contributed by atoms with van der Waals surface area (Å²) in [6.45, 7) is 1.85. The average molecular weight is 295 g/mol. The van der Waals surface area contributed by atoms with Crippen LogP contribution in [0.15, 0.2) is 60.7 Å². The molecular formula is C19H21NO2. The number of ketones is 1. The van der Waals surface area contributed by atoms with Gasteiger partial charge < -0.3 is 5.32 Å². The lowest BCUT2D eigenvalue weighted by atomic mass is 10.00. The summed E-state index contributed by atoms with van der Waals surface area (Å²) >= 11 is 0. The van der Waals surface area contributed by atoms with E-state index in [-0.39, 0.29) is 17.7 Å². The highest BCUT2D eigenvalue weighted by Crippen LogP contribution is 2.09. The van der Waals surface area contributed by atoms with Crippen molar-refractivity contribution in [2.24, 2.45) is 0 Å². The molecule has 0 bridgehead atoms. The van der Waals surface area contributed by atoms with Crippen LogP contribution in [0.4, 0.5) is 0 Å². The first-order chi connectivity index (χ1) is 10.7. The average Bonchev–Trinajstić information content (AvgIpc) is 2.56. The van der Waals surface area contributed by atoms with Crippen molar-refractivity contribution in [3.63, 3.8) is 0 Å². The minimum atomic E-state index is -0.178. The van der Waals surface area contributed by atoms with E-state index in [9.17, 15) is 9.59 Å². The number of Topliss-reactive ketones (excluding diaryl/α,β-unsaturated/α-hetero) is 1. The molecule has 114 valence electrons. The summed E-state index contributed by atoms with van der Waals surface area (Å²) in [4.78, 5) is 24.1. The summed E-state index contributed by atoms with van der Waals surface area (Å²) in [5.41, 5.74) is 1.73. The molecule has 1 unspecified atom stereocenters. The Labute approximate surface area is 131 Å². The van der Waals surface area contributed by atoms with E-state index in [1.54, 1.807) is 12.1 Å². The third-order valence-corrected chi connectivity index (χ3v) is 3.56. The van der Waals surface area contributed by atoms with Gasteiger partial charge in [0.25, 0.3) is 5.91 Å². The van der Waals surface area contributed by atoms with Gasteiger partial charge in [0, 0.05) is 24.4 Å². The molecule has 2 aromatic carbocycles. The molecule has 0 spiro atoms. The Bertz CT molecular complexity index is 608. The lowest BCUT2D eigenvalue weighted by molar-refractivity contribution is -0.119. The van der Waals surface area contributed by atoms with Gasteiger partial charge in [-0.2, -0.15) is 0 Å². The summed E-state index contributed by atoms with van der Waals surface area (Å²) in [5.74, 6) is 0.0275. The minimum Gasteiger partial charge on any atom is -0.349 e. The van der Waals surface area contributed by atoms with E-state index < -0.39 is 0 Å². The van der Waals surface area contributed by atoms with Crippen molar-refractivity contribution in [3.05, 3.63) is 71.8 Å². The van der Waals surface area contributed by atoms with Crippen LogP contribution in [0.2, 0.25) is 0 Å². The fraction of sp³-hybridized carbons (Fsp3) is 0.263. The largest absolute Gasteiger partial charge is 0.349 e. The maximum absolute atomic E-state index is 12.3. The predicted molar refractivity (Wildman–Crippen MR) is 87.8 cm³/mol. The van der Waals surface area contributed by atoms with Gasteiger partial charge in [-0.1, -0.05) is 55.5 Å². The molecule has 1 amide bonds. The predicted octanol–water partition coefficient (Wildman–Crippen LogP) is 3.40. The van der Waals surface area contributed by atoms with Gasteiger partial charge in [-0.3, -0.25) is 9.59 Å². The molecule has 0 saturated heterocycles. The Morgan fingerprint density at radius 3 is 2.14 bits per heavy atom. The van der Waals surface area contributed by atoms with Crippen molar-refractivity contribution in [2.75, 3.05) is 0 Å². The molecule has 2 aromatic rings. The third-order valence-electron chi connectivity index (χ3n) is 3.56. The quantitative estimate of drug-likeness (QED) is 0.851. The standard InChI is InChI=1S/C19H21NO2/c1-2-18(21)14-17(13-15-9-5-3-6-10-15)20-19(22)16-11-7-4-8-12-16/h3-12,17H,2,13-14H2,1H3,(H,20,22). The number of rotatable bonds is 7. The van der Waals surface area contributed by atoms with Crippen LogP contribution in [0.5, 0.6) is 0 Å². The number of amides is 1. The first-order valence-electron chi connectivity index (χ1n) is 7.60. The van der Waals surface area contributed by atoms with Crippen LogP contribution in [0.1, 0.15) is 35.7 Å². The highest BCUT2D eigenvalue weighted by molar-refractivity contribution is 5.94. The zero-order valence-electron chi connectivity index (χ0n) is 12.8. The molecule has 0 radical (unpaired) electrons. The van der Waals surface area contributed by atoms with Crippen LogP contribution in [-0.4, -0.2) is 17.7 Å². The topological polar surface area (TPSA) is 46.2 Å². The Balaban J connectivity index is 2.07. The molecule has 22 heavy (non-hydrogen) atoms. The molecule has 0 aliphatic heterocycles. The van der Waals surface area contributed by atoms with Gasteiger partial charge in [0.15, 0.2) is 0 Å². The van der Waals surface area contributed by atoms with Gasteiger partial charge in [0.1, 0.15) is 5.78 Å². The van der Waals surface area contributed by atoms with Crippen LogP contribution >= 0.6 is 0 Å². The molecule has 1 N–H and O–H groups in total. The number of benzene rings is 2. The first-order valence-corrected chi connectivity index (χ1v) is 7.60. The van der Waals surface area contributed by atoms with Crippen LogP contribution in [0.3, 0.4) is 0 Å². The SMILES string of the molecule is CCC(=O)CC(Cc1ccccc1)NC(=O)c1ccccc1. The van der Waals surface area contributed by atoms with Gasteiger partial charge in [0.2, 0.25) is 0 Å². The second kappa shape index (κ2) is 8.13. The highest BCUT2D eigenvalue weighted by atomic mass is 16.2. The Morgan fingerprint density at radius 1 is 0.955 bits per heavy atom. The lowest BCUT2D eigenvalue weighted by Gasteiger charge is -2.18. The summed E-state index contributed by atoms with van der Waals surface area (Å²) < 4.78 is 0. The number of nitrogens with one attached hydrogen (secondary N) is 1. The molecule has 0 fully saturated rings. The molecule has 0 aliphatic rings. The molecule has 0 aliphatic carbocycles. The van der Waals surface area contributed by atoms with Gasteiger partial charge >= 0.3 is 0 Å². The maximum atomic E-state index is 12.3. The highest BCUT2D eigenvalue weighted by Gasteiger charge is 2.17. The molecule has 3 heteroatoms. The molecule has 3 nitrogen and oxygen atoms in total. The second-order valence-corrected chi connectivity index (χ2v) is 5.32. The summed E-state index contributed by atoms with van der Waals surface area (Å²) in [6.07, 6.45) is 1.52.